The number of amides is 1. The first-order chi connectivity index (χ1) is 12.5. The minimum Gasteiger partial charge on any atom is -0.348 e. The van der Waals surface area contributed by atoms with Crippen LogP contribution >= 0.6 is 11.9 Å². The van der Waals surface area contributed by atoms with Crippen molar-refractivity contribution in [2.24, 2.45) is 7.05 Å². The lowest BCUT2D eigenvalue weighted by atomic mass is 10.2. The molecule has 134 valence electrons. The topological polar surface area (TPSA) is 59.0 Å². The van der Waals surface area contributed by atoms with E-state index in [9.17, 15) is 9.18 Å². The van der Waals surface area contributed by atoms with Gasteiger partial charge >= 0.3 is 0 Å². The molecule has 0 aliphatic rings. The molecule has 1 amide bonds. The smallest absolute Gasteiger partial charge is 0.251 e. The molecule has 0 spiro atoms. The fourth-order valence-corrected chi connectivity index (χ4v) is 2.97. The summed E-state index contributed by atoms with van der Waals surface area (Å²) in [6.07, 6.45) is 3.52. The summed E-state index contributed by atoms with van der Waals surface area (Å²) in [5.41, 5.74) is 2.72. The van der Waals surface area contributed by atoms with Gasteiger partial charge in [0.25, 0.3) is 5.91 Å². The van der Waals surface area contributed by atoms with Gasteiger partial charge in [-0.1, -0.05) is 17.7 Å². The molecule has 5 nitrogen and oxygen atoms in total. The van der Waals surface area contributed by atoms with E-state index in [2.05, 4.69) is 15.1 Å². The van der Waals surface area contributed by atoms with Crippen molar-refractivity contribution < 1.29 is 9.18 Å². The molecule has 2 N–H and O–H groups in total. The molecule has 0 saturated carbocycles. The summed E-state index contributed by atoms with van der Waals surface area (Å²) in [5.74, 6) is -0.675. The van der Waals surface area contributed by atoms with Crippen molar-refractivity contribution in [3.05, 3.63) is 77.4 Å². The molecule has 7 heteroatoms. The van der Waals surface area contributed by atoms with Crippen LogP contribution in [-0.4, -0.2) is 15.7 Å². The lowest BCUT2D eigenvalue weighted by Crippen LogP contribution is -2.22. The minimum atomic E-state index is -0.409. The van der Waals surface area contributed by atoms with Gasteiger partial charge in [0.1, 0.15) is 5.82 Å². The summed E-state index contributed by atoms with van der Waals surface area (Å²) < 4.78 is 18.7. The molecule has 1 aromatic heterocycles. The highest BCUT2D eigenvalue weighted by Crippen LogP contribution is 2.24. The van der Waals surface area contributed by atoms with E-state index in [1.165, 1.54) is 30.1 Å². The molecule has 0 atom stereocenters. The van der Waals surface area contributed by atoms with E-state index < -0.39 is 5.82 Å². The lowest BCUT2D eigenvalue weighted by Gasteiger charge is -2.09. The summed E-state index contributed by atoms with van der Waals surface area (Å²) in [6.45, 7) is 2.38. The third-order valence-electron chi connectivity index (χ3n) is 3.74. The first kappa shape index (κ1) is 18.0. The number of aromatic nitrogens is 2. The van der Waals surface area contributed by atoms with Gasteiger partial charge in [0.15, 0.2) is 0 Å². The van der Waals surface area contributed by atoms with Crippen molar-refractivity contribution in [1.82, 2.24) is 15.1 Å². The number of anilines is 1. The van der Waals surface area contributed by atoms with Crippen LogP contribution in [0.5, 0.6) is 0 Å². The zero-order chi connectivity index (χ0) is 18.5. The lowest BCUT2D eigenvalue weighted by molar-refractivity contribution is 0.0951. The van der Waals surface area contributed by atoms with Crippen LogP contribution in [0.3, 0.4) is 0 Å². The Morgan fingerprint density at radius 3 is 2.69 bits per heavy atom. The maximum atomic E-state index is 14.0. The molecular weight excluding hydrogens is 351 g/mol. The number of nitrogens with zero attached hydrogens (tertiary/aromatic N) is 2. The van der Waals surface area contributed by atoms with Crippen LogP contribution in [0.1, 0.15) is 21.5 Å². The van der Waals surface area contributed by atoms with Crippen LogP contribution < -0.4 is 10.0 Å². The number of benzene rings is 2. The van der Waals surface area contributed by atoms with Crippen molar-refractivity contribution in [2.45, 2.75) is 18.4 Å². The SMILES string of the molecule is Cc1ccc(SNc2cc(C(=O)NCc3cnn(C)c3)ccc2F)cc1. The summed E-state index contributed by atoms with van der Waals surface area (Å²) in [7, 11) is 1.81. The van der Waals surface area contributed by atoms with Crippen molar-refractivity contribution in [2.75, 3.05) is 4.72 Å². The van der Waals surface area contributed by atoms with Crippen LogP contribution in [0.4, 0.5) is 10.1 Å². The standard InChI is InChI=1S/C19H19FN4OS/c1-13-3-6-16(7-4-13)26-23-18-9-15(5-8-17(18)20)19(25)21-10-14-11-22-24(2)12-14/h3-9,11-12,23H,10H2,1-2H3,(H,21,25). The van der Waals surface area contributed by atoms with Crippen LogP contribution in [0.2, 0.25) is 0 Å². The number of nitrogens with one attached hydrogen (secondary N) is 2. The molecule has 0 unspecified atom stereocenters. The number of hydrogen-bond acceptors (Lipinski definition) is 4. The van der Waals surface area contributed by atoms with Gasteiger partial charge in [-0.15, -0.1) is 0 Å². The number of aryl methyl sites for hydroxylation is 2. The second kappa shape index (κ2) is 8.05. The van der Waals surface area contributed by atoms with Gasteiger partial charge in [-0.3, -0.25) is 9.48 Å². The summed E-state index contributed by atoms with van der Waals surface area (Å²) >= 11 is 1.30. The Hall–Kier alpha value is -2.80. The Morgan fingerprint density at radius 1 is 1.23 bits per heavy atom. The van der Waals surface area contributed by atoms with Gasteiger partial charge in [0.05, 0.1) is 11.9 Å². The first-order valence-electron chi connectivity index (χ1n) is 8.06. The van der Waals surface area contributed by atoms with E-state index in [1.807, 2.05) is 44.4 Å². The fraction of sp³-hybridized carbons (Fsp3) is 0.158. The molecule has 3 rings (SSSR count). The van der Waals surface area contributed by atoms with Crippen molar-refractivity contribution in [3.63, 3.8) is 0 Å². The van der Waals surface area contributed by atoms with Gasteiger partial charge < -0.3 is 10.0 Å². The number of hydrogen-bond donors (Lipinski definition) is 2. The number of carbonyl (C=O) groups is 1. The van der Waals surface area contributed by atoms with Gasteiger partial charge in [-0.05, 0) is 49.2 Å². The van der Waals surface area contributed by atoms with Crippen LogP contribution in [0, 0.1) is 12.7 Å². The monoisotopic (exact) mass is 370 g/mol. The summed E-state index contributed by atoms with van der Waals surface area (Å²) in [6, 6.07) is 12.2. The Morgan fingerprint density at radius 2 is 2.00 bits per heavy atom. The van der Waals surface area contributed by atoms with Gasteiger partial charge in [0.2, 0.25) is 0 Å². The molecule has 0 saturated heterocycles. The minimum absolute atomic E-state index is 0.266. The molecule has 0 bridgehead atoms. The summed E-state index contributed by atoms with van der Waals surface area (Å²) in [5, 5.41) is 6.86. The molecule has 0 radical (unpaired) electrons. The Balaban J connectivity index is 1.64. The van der Waals surface area contributed by atoms with Crippen LogP contribution in [0.15, 0.2) is 59.8 Å². The Labute approximate surface area is 155 Å². The quantitative estimate of drug-likeness (QED) is 0.646. The molecule has 0 fully saturated rings. The maximum Gasteiger partial charge on any atom is 0.251 e. The zero-order valence-corrected chi connectivity index (χ0v) is 15.3. The normalized spacial score (nSPS) is 10.6. The molecule has 0 aliphatic heterocycles. The third-order valence-corrected chi connectivity index (χ3v) is 4.57. The van der Waals surface area contributed by atoms with Crippen LogP contribution in [0.25, 0.3) is 0 Å². The molecule has 0 aliphatic carbocycles. The van der Waals surface area contributed by atoms with E-state index >= 15 is 0 Å². The average molecular weight is 370 g/mol. The maximum absolute atomic E-state index is 14.0. The molecule has 1 heterocycles. The predicted molar refractivity (Wildman–Crippen MR) is 101 cm³/mol. The Bertz CT molecular complexity index is 908. The molecule has 2 aromatic carbocycles. The largest absolute Gasteiger partial charge is 0.348 e. The second-order valence-electron chi connectivity index (χ2n) is 5.92. The van der Waals surface area contributed by atoms with E-state index in [1.54, 1.807) is 10.9 Å². The highest BCUT2D eigenvalue weighted by Gasteiger charge is 2.10. The average Bonchev–Trinajstić information content (AvgIpc) is 3.05. The van der Waals surface area contributed by atoms with Crippen molar-refractivity contribution in [3.8, 4) is 0 Å². The van der Waals surface area contributed by atoms with Crippen molar-refractivity contribution >= 4 is 23.5 Å². The van der Waals surface area contributed by atoms with E-state index in [4.69, 9.17) is 0 Å². The molecule has 26 heavy (non-hydrogen) atoms. The highest BCUT2D eigenvalue weighted by atomic mass is 32.2. The number of halogens is 1. The van der Waals surface area contributed by atoms with E-state index in [0.717, 1.165) is 16.0 Å². The predicted octanol–water partition coefficient (Wildman–Crippen LogP) is 3.92. The van der Waals surface area contributed by atoms with Gasteiger partial charge in [0, 0.05) is 35.8 Å². The highest BCUT2D eigenvalue weighted by molar-refractivity contribution is 8.00. The molecule has 3 aromatic rings. The number of carbonyl (C=O) groups excluding carboxylic acids is 1. The second-order valence-corrected chi connectivity index (χ2v) is 6.80. The summed E-state index contributed by atoms with van der Waals surface area (Å²) in [4.78, 5) is 13.3. The van der Waals surface area contributed by atoms with Gasteiger partial charge in [-0.25, -0.2) is 4.39 Å². The zero-order valence-electron chi connectivity index (χ0n) is 14.5. The molecular formula is C19H19FN4OS. The van der Waals surface area contributed by atoms with Crippen molar-refractivity contribution in [1.29, 1.82) is 0 Å². The third kappa shape index (κ3) is 4.64. The fourth-order valence-electron chi connectivity index (χ4n) is 2.31. The van der Waals surface area contributed by atoms with E-state index in [-0.39, 0.29) is 11.6 Å². The number of rotatable bonds is 6. The van der Waals surface area contributed by atoms with E-state index in [0.29, 0.717) is 12.1 Å². The Kier molecular flexibility index (Phi) is 5.58. The van der Waals surface area contributed by atoms with Gasteiger partial charge in [-0.2, -0.15) is 5.10 Å². The first-order valence-corrected chi connectivity index (χ1v) is 8.88. The van der Waals surface area contributed by atoms with Crippen LogP contribution in [-0.2, 0) is 13.6 Å².